The fraction of sp³-hybridized carbons (Fsp3) is 0.200. The molecule has 0 aliphatic rings. The van der Waals surface area contributed by atoms with E-state index < -0.39 is 5.97 Å². The topological polar surface area (TPSA) is 52.3 Å². The van der Waals surface area contributed by atoms with Gasteiger partial charge >= 0.3 is 5.97 Å². The lowest BCUT2D eigenvalue weighted by molar-refractivity contribution is 0.0603. The second kappa shape index (κ2) is 3.66. The van der Waals surface area contributed by atoms with Gasteiger partial charge in [-0.2, -0.15) is 0 Å². The molecule has 1 heterocycles. The van der Waals surface area contributed by atoms with Gasteiger partial charge < -0.3 is 9.15 Å². The number of hydrogen-bond donors (Lipinski definition) is 0. The number of ether oxygens (including phenoxy) is 1. The molecule has 0 unspecified atom stereocenters. The number of carbonyl (C=O) groups is 1. The summed E-state index contributed by atoms with van der Waals surface area (Å²) < 4.78 is 10.8. The summed E-state index contributed by atoms with van der Waals surface area (Å²) >= 11 is 3.33. The van der Waals surface area contributed by atoms with Gasteiger partial charge in [-0.25, -0.2) is 9.78 Å². The average molecular weight is 270 g/mol. The predicted molar refractivity (Wildman–Crippen MR) is 57.8 cm³/mol. The number of fused-ring (bicyclic) bond motifs is 1. The Hall–Kier alpha value is -1.36. The molecule has 4 nitrogen and oxygen atoms in total. The van der Waals surface area contributed by atoms with Gasteiger partial charge in [0.1, 0.15) is 5.52 Å². The molecule has 0 bridgehead atoms. The number of nitrogens with zero attached hydrogens (tertiary/aromatic N) is 1. The van der Waals surface area contributed by atoms with Crippen molar-refractivity contribution in [1.82, 2.24) is 4.98 Å². The van der Waals surface area contributed by atoms with Crippen LogP contribution in [0.4, 0.5) is 0 Å². The van der Waals surface area contributed by atoms with Crippen molar-refractivity contribution in [3.8, 4) is 0 Å². The first-order chi connectivity index (χ1) is 7.13. The normalized spacial score (nSPS) is 10.6. The smallest absolute Gasteiger partial charge is 0.340 e. The Labute approximate surface area is 94.4 Å². The zero-order valence-electron chi connectivity index (χ0n) is 8.20. The monoisotopic (exact) mass is 269 g/mol. The van der Waals surface area contributed by atoms with Gasteiger partial charge in [-0.05, 0) is 28.1 Å². The highest BCUT2D eigenvalue weighted by atomic mass is 79.9. The highest BCUT2D eigenvalue weighted by Crippen LogP contribution is 2.27. The van der Waals surface area contributed by atoms with Crippen LogP contribution in [0.5, 0.6) is 0 Å². The molecule has 2 rings (SSSR count). The van der Waals surface area contributed by atoms with Crippen LogP contribution in [-0.4, -0.2) is 18.1 Å². The molecule has 0 aliphatic carbocycles. The van der Waals surface area contributed by atoms with Crippen LogP contribution in [0.2, 0.25) is 0 Å². The second-order valence-electron chi connectivity index (χ2n) is 3.00. The third kappa shape index (κ3) is 1.63. The molecule has 78 valence electrons. The molecule has 0 fully saturated rings. The summed E-state index contributed by atoms with van der Waals surface area (Å²) in [5, 5.41) is 0. The molecular formula is C10H8BrNO3. The van der Waals surface area contributed by atoms with Gasteiger partial charge in [0.05, 0.1) is 17.1 Å². The number of hydrogen-bond acceptors (Lipinski definition) is 4. The molecular weight excluding hydrogens is 262 g/mol. The summed E-state index contributed by atoms with van der Waals surface area (Å²) in [4.78, 5) is 15.6. The standard InChI is InChI=1S/C10H8BrNO3/c1-5-12-8-6(10(13)14-2)3-4-7(11)9(8)15-5/h3-4H,1-2H3. The number of esters is 1. The zero-order valence-corrected chi connectivity index (χ0v) is 9.79. The summed E-state index contributed by atoms with van der Waals surface area (Å²) in [5.41, 5.74) is 1.50. The quantitative estimate of drug-likeness (QED) is 0.747. The summed E-state index contributed by atoms with van der Waals surface area (Å²) in [5.74, 6) is 0.0999. The fourth-order valence-electron chi connectivity index (χ4n) is 1.36. The molecule has 0 saturated heterocycles. The number of rotatable bonds is 1. The number of halogens is 1. The first-order valence-electron chi connectivity index (χ1n) is 4.27. The number of oxazole rings is 1. The van der Waals surface area contributed by atoms with Crippen LogP contribution in [0.1, 0.15) is 16.2 Å². The summed E-state index contributed by atoms with van der Waals surface area (Å²) in [6, 6.07) is 3.39. The molecule has 1 aromatic carbocycles. The molecule has 0 N–H and O–H groups in total. The molecule has 0 amide bonds. The van der Waals surface area contributed by atoms with E-state index in [0.717, 1.165) is 4.47 Å². The average Bonchev–Trinajstić information content (AvgIpc) is 2.60. The molecule has 0 aliphatic heterocycles. The summed E-state index contributed by atoms with van der Waals surface area (Å²) in [6.07, 6.45) is 0. The fourth-order valence-corrected chi connectivity index (χ4v) is 1.76. The van der Waals surface area contributed by atoms with Crippen molar-refractivity contribution < 1.29 is 13.9 Å². The summed E-state index contributed by atoms with van der Waals surface area (Å²) in [6.45, 7) is 1.73. The second-order valence-corrected chi connectivity index (χ2v) is 3.85. The van der Waals surface area contributed by atoms with E-state index >= 15 is 0 Å². The van der Waals surface area contributed by atoms with Crippen LogP contribution < -0.4 is 0 Å². The highest BCUT2D eigenvalue weighted by molar-refractivity contribution is 9.10. The molecule has 15 heavy (non-hydrogen) atoms. The van der Waals surface area contributed by atoms with E-state index in [9.17, 15) is 4.79 Å². The third-order valence-electron chi connectivity index (χ3n) is 2.01. The van der Waals surface area contributed by atoms with Crippen LogP contribution in [0, 0.1) is 6.92 Å². The van der Waals surface area contributed by atoms with Crippen molar-refractivity contribution in [2.45, 2.75) is 6.92 Å². The van der Waals surface area contributed by atoms with E-state index in [4.69, 9.17) is 4.42 Å². The van der Waals surface area contributed by atoms with Crippen molar-refractivity contribution in [3.05, 3.63) is 28.1 Å². The maximum absolute atomic E-state index is 11.4. The number of aromatic nitrogens is 1. The van der Waals surface area contributed by atoms with Gasteiger partial charge in [0.25, 0.3) is 0 Å². The third-order valence-corrected chi connectivity index (χ3v) is 2.63. The maximum atomic E-state index is 11.4. The maximum Gasteiger partial charge on any atom is 0.340 e. The molecule has 0 atom stereocenters. The van der Waals surface area contributed by atoms with E-state index in [1.54, 1.807) is 19.1 Å². The van der Waals surface area contributed by atoms with Gasteiger partial charge in [0.15, 0.2) is 11.5 Å². The first-order valence-corrected chi connectivity index (χ1v) is 5.06. The Bertz CT molecular complexity index is 533. The number of methoxy groups -OCH3 is 1. The lowest BCUT2D eigenvalue weighted by Gasteiger charge is -1.99. The van der Waals surface area contributed by atoms with Crippen LogP contribution in [0.15, 0.2) is 21.0 Å². The number of aryl methyl sites for hydroxylation is 1. The lowest BCUT2D eigenvalue weighted by atomic mass is 10.2. The van der Waals surface area contributed by atoms with E-state index in [1.165, 1.54) is 7.11 Å². The minimum atomic E-state index is -0.416. The molecule has 1 aromatic heterocycles. The first kappa shape index (κ1) is 10.2. The Kier molecular flexibility index (Phi) is 2.48. The van der Waals surface area contributed by atoms with Crippen LogP contribution >= 0.6 is 15.9 Å². The Morgan fingerprint density at radius 1 is 1.53 bits per heavy atom. The van der Waals surface area contributed by atoms with Crippen molar-refractivity contribution in [3.63, 3.8) is 0 Å². The van der Waals surface area contributed by atoms with Gasteiger partial charge in [0, 0.05) is 6.92 Å². The van der Waals surface area contributed by atoms with Gasteiger partial charge in [-0.3, -0.25) is 0 Å². The minimum Gasteiger partial charge on any atom is -0.465 e. The van der Waals surface area contributed by atoms with Crippen molar-refractivity contribution in [1.29, 1.82) is 0 Å². The van der Waals surface area contributed by atoms with E-state index in [1.807, 2.05) is 0 Å². The van der Waals surface area contributed by atoms with Gasteiger partial charge in [-0.1, -0.05) is 0 Å². The largest absolute Gasteiger partial charge is 0.465 e. The van der Waals surface area contributed by atoms with Crippen molar-refractivity contribution in [2.24, 2.45) is 0 Å². The SMILES string of the molecule is COC(=O)c1ccc(Br)c2oc(C)nc12. The van der Waals surface area contributed by atoms with Gasteiger partial charge in [0.2, 0.25) is 0 Å². The van der Waals surface area contributed by atoms with E-state index in [2.05, 4.69) is 25.7 Å². The lowest BCUT2D eigenvalue weighted by Crippen LogP contribution is -2.01. The minimum absolute atomic E-state index is 0.410. The zero-order chi connectivity index (χ0) is 11.0. The van der Waals surface area contributed by atoms with E-state index in [-0.39, 0.29) is 0 Å². The van der Waals surface area contributed by atoms with Crippen LogP contribution in [-0.2, 0) is 4.74 Å². The molecule has 0 saturated carbocycles. The Balaban J connectivity index is 2.76. The van der Waals surface area contributed by atoms with E-state index in [0.29, 0.717) is 22.6 Å². The highest BCUT2D eigenvalue weighted by Gasteiger charge is 2.16. The molecule has 0 radical (unpaired) electrons. The number of benzene rings is 1. The van der Waals surface area contributed by atoms with Crippen molar-refractivity contribution >= 4 is 33.0 Å². The van der Waals surface area contributed by atoms with Gasteiger partial charge in [-0.15, -0.1) is 0 Å². The predicted octanol–water partition coefficient (Wildman–Crippen LogP) is 2.69. The molecule has 0 spiro atoms. The van der Waals surface area contributed by atoms with Crippen LogP contribution in [0.25, 0.3) is 11.1 Å². The summed E-state index contributed by atoms with van der Waals surface area (Å²) in [7, 11) is 1.34. The molecule has 2 aromatic rings. The molecule has 5 heteroatoms. The Morgan fingerprint density at radius 2 is 2.27 bits per heavy atom. The Morgan fingerprint density at radius 3 is 2.93 bits per heavy atom. The number of carbonyl (C=O) groups excluding carboxylic acids is 1. The van der Waals surface area contributed by atoms with Crippen LogP contribution in [0.3, 0.4) is 0 Å². The van der Waals surface area contributed by atoms with Crippen molar-refractivity contribution in [2.75, 3.05) is 7.11 Å².